The first-order valence-electron chi connectivity index (χ1n) is 7.10. The van der Waals surface area contributed by atoms with Crippen LogP contribution < -0.4 is 4.74 Å². The Morgan fingerprint density at radius 3 is 3.00 bits per heavy atom. The molecule has 0 saturated carbocycles. The molecule has 2 aromatic carbocycles. The van der Waals surface area contributed by atoms with Crippen LogP contribution in [0.2, 0.25) is 0 Å². The molecule has 4 rings (SSSR count). The first kappa shape index (κ1) is 15.0. The van der Waals surface area contributed by atoms with Crippen LogP contribution in [0, 0.1) is 13.0 Å². The Kier molecular flexibility index (Phi) is 4.14. The van der Waals surface area contributed by atoms with Gasteiger partial charge < -0.3 is 9.30 Å². The first-order chi connectivity index (χ1) is 10.3. The number of imidazole rings is 1. The molecule has 1 aromatic heterocycles. The molecule has 1 aliphatic rings. The number of ether oxygens (including phenoxy) is 1. The van der Waals surface area contributed by atoms with Crippen molar-refractivity contribution in [1.82, 2.24) is 9.55 Å². The number of rotatable bonds is 2. The van der Waals surface area contributed by atoms with Crippen molar-refractivity contribution in [3.63, 3.8) is 0 Å². The molecule has 0 atom stereocenters. The summed E-state index contributed by atoms with van der Waals surface area (Å²) in [5.74, 6) is 1.87. The standard InChI is InChI=1S/C18H15N2O.Ir/c1-13-4-2-3-5-16(13)20-10-9-19-18(20)15-6-7-17-14(12-15)8-11-21-17;/h2-5,7,9-10,12H,8,11H2,1H3;/q-1;. The van der Waals surface area contributed by atoms with Crippen LogP contribution in [0.1, 0.15) is 11.1 Å². The van der Waals surface area contributed by atoms with Crippen LogP contribution in [0.25, 0.3) is 17.1 Å². The maximum absolute atomic E-state index is 5.55. The number of aromatic nitrogens is 2. The van der Waals surface area contributed by atoms with E-state index in [1.54, 1.807) is 0 Å². The molecule has 0 aliphatic carbocycles. The van der Waals surface area contributed by atoms with E-state index in [-0.39, 0.29) is 20.1 Å². The molecule has 0 saturated heterocycles. The summed E-state index contributed by atoms with van der Waals surface area (Å²) in [6.45, 7) is 2.87. The van der Waals surface area contributed by atoms with Gasteiger partial charge in [0.25, 0.3) is 0 Å². The molecular formula is C18H15IrN2O-. The van der Waals surface area contributed by atoms with Crippen LogP contribution in [0.15, 0.2) is 48.8 Å². The third-order valence-electron chi connectivity index (χ3n) is 3.88. The maximum atomic E-state index is 5.55. The average molecular weight is 468 g/mol. The third-order valence-corrected chi connectivity index (χ3v) is 3.88. The first-order valence-corrected chi connectivity index (χ1v) is 7.10. The van der Waals surface area contributed by atoms with E-state index in [4.69, 9.17) is 4.74 Å². The smallest absolute Gasteiger partial charge is 0.0781 e. The van der Waals surface area contributed by atoms with E-state index in [9.17, 15) is 0 Å². The van der Waals surface area contributed by atoms with Gasteiger partial charge in [-0.05, 0) is 25.0 Å². The zero-order valence-electron chi connectivity index (χ0n) is 12.2. The van der Waals surface area contributed by atoms with E-state index in [2.05, 4.69) is 40.7 Å². The van der Waals surface area contributed by atoms with E-state index in [0.29, 0.717) is 0 Å². The fraction of sp³-hybridized carbons (Fsp3) is 0.167. The van der Waals surface area contributed by atoms with Gasteiger partial charge >= 0.3 is 0 Å². The second-order valence-electron chi connectivity index (χ2n) is 5.24. The van der Waals surface area contributed by atoms with Crippen LogP contribution in [0.5, 0.6) is 5.75 Å². The SMILES string of the molecule is Cc1ccccc1-n1ccnc1-c1[c-]cc2c(c1)CCO2.[Ir]. The van der Waals surface area contributed by atoms with Crippen LogP contribution >= 0.6 is 0 Å². The minimum absolute atomic E-state index is 0. The van der Waals surface area contributed by atoms with Crippen LogP contribution in [0.3, 0.4) is 0 Å². The predicted molar refractivity (Wildman–Crippen MR) is 81.8 cm³/mol. The second-order valence-corrected chi connectivity index (χ2v) is 5.24. The largest absolute Gasteiger partial charge is 0.536 e. The summed E-state index contributed by atoms with van der Waals surface area (Å²) in [7, 11) is 0. The van der Waals surface area contributed by atoms with Crippen LogP contribution in [-0.2, 0) is 26.5 Å². The number of aryl methyl sites for hydroxylation is 1. The van der Waals surface area contributed by atoms with Crippen molar-refractivity contribution in [2.75, 3.05) is 6.61 Å². The summed E-state index contributed by atoms with van der Waals surface area (Å²) < 4.78 is 7.66. The van der Waals surface area contributed by atoms with Crippen molar-refractivity contribution in [3.8, 4) is 22.8 Å². The fourth-order valence-electron chi connectivity index (χ4n) is 2.78. The van der Waals surface area contributed by atoms with Crippen molar-refractivity contribution < 1.29 is 24.8 Å². The zero-order valence-corrected chi connectivity index (χ0v) is 14.6. The molecule has 2 heterocycles. The quantitative estimate of drug-likeness (QED) is 0.539. The zero-order chi connectivity index (χ0) is 14.2. The minimum atomic E-state index is 0. The Labute approximate surface area is 143 Å². The van der Waals surface area contributed by atoms with Crippen LogP contribution in [-0.4, -0.2) is 16.2 Å². The van der Waals surface area contributed by atoms with Crippen molar-refractivity contribution in [2.45, 2.75) is 13.3 Å². The molecule has 0 unspecified atom stereocenters. The Balaban J connectivity index is 0.00000144. The molecule has 0 amide bonds. The van der Waals surface area contributed by atoms with E-state index < -0.39 is 0 Å². The molecule has 0 N–H and O–H groups in total. The van der Waals surface area contributed by atoms with E-state index >= 15 is 0 Å². The van der Waals surface area contributed by atoms with Gasteiger partial charge in [-0.3, -0.25) is 4.98 Å². The maximum Gasteiger partial charge on any atom is 0.0781 e. The Hall–Kier alpha value is -1.90. The molecule has 1 radical (unpaired) electrons. The number of para-hydroxylation sites is 1. The molecule has 0 fully saturated rings. The van der Waals surface area contributed by atoms with Gasteiger partial charge in [-0.2, -0.15) is 0 Å². The van der Waals surface area contributed by atoms with Gasteiger partial charge in [0.15, 0.2) is 0 Å². The summed E-state index contributed by atoms with van der Waals surface area (Å²) in [5.41, 5.74) is 4.62. The van der Waals surface area contributed by atoms with E-state index in [1.165, 1.54) is 11.1 Å². The molecule has 113 valence electrons. The molecule has 4 heteroatoms. The number of hydrogen-bond donors (Lipinski definition) is 0. The van der Waals surface area contributed by atoms with E-state index in [0.717, 1.165) is 35.9 Å². The van der Waals surface area contributed by atoms with Gasteiger partial charge in [0.05, 0.1) is 12.4 Å². The second kappa shape index (κ2) is 6.07. The Bertz CT molecular complexity index is 810. The van der Waals surface area contributed by atoms with Gasteiger partial charge in [-0.15, -0.1) is 23.8 Å². The van der Waals surface area contributed by atoms with Crippen molar-refractivity contribution in [1.29, 1.82) is 0 Å². The Morgan fingerprint density at radius 1 is 1.27 bits per heavy atom. The van der Waals surface area contributed by atoms with Crippen molar-refractivity contribution in [3.05, 3.63) is 66.0 Å². The van der Waals surface area contributed by atoms with Crippen molar-refractivity contribution in [2.24, 2.45) is 0 Å². The van der Waals surface area contributed by atoms with Crippen LogP contribution in [0.4, 0.5) is 0 Å². The molecule has 22 heavy (non-hydrogen) atoms. The molecule has 0 spiro atoms. The number of fused-ring (bicyclic) bond motifs is 1. The summed E-state index contributed by atoms with van der Waals surface area (Å²) >= 11 is 0. The summed E-state index contributed by atoms with van der Waals surface area (Å²) in [5, 5.41) is 0. The molecular weight excluding hydrogens is 452 g/mol. The summed E-state index contributed by atoms with van der Waals surface area (Å²) in [4.78, 5) is 4.52. The van der Waals surface area contributed by atoms with Gasteiger partial charge in [-0.1, -0.05) is 23.8 Å². The number of nitrogens with zero attached hydrogens (tertiary/aromatic N) is 2. The van der Waals surface area contributed by atoms with Gasteiger partial charge in [0, 0.05) is 43.9 Å². The molecule has 1 aliphatic heterocycles. The minimum Gasteiger partial charge on any atom is -0.536 e. The normalized spacial score (nSPS) is 12.4. The number of hydrogen-bond acceptors (Lipinski definition) is 2. The van der Waals surface area contributed by atoms with E-state index in [1.807, 2.05) is 30.6 Å². The summed E-state index contributed by atoms with van der Waals surface area (Å²) in [6, 6.07) is 15.7. The van der Waals surface area contributed by atoms with Gasteiger partial charge in [0.2, 0.25) is 0 Å². The predicted octanol–water partition coefficient (Wildman–Crippen LogP) is 3.58. The average Bonchev–Trinajstić information content (AvgIpc) is 3.15. The third kappa shape index (κ3) is 2.49. The topological polar surface area (TPSA) is 27.1 Å². The van der Waals surface area contributed by atoms with Gasteiger partial charge in [-0.25, -0.2) is 0 Å². The fourth-order valence-corrected chi connectivity index (χ4v) is 2.78. The molecule has 3 nitrogen and oxygen atoms in total. The monoisotopic (exact) mass is 468 g/mol. The molecule has 3 aromatic rings. The number of benzene rings is 2. The Morgan fingerprint density at radius 2 is 2.14 bits per heavy atom. The van der Waals surface area contributed by atoms with Gasteiger partial charge in [0.1, 0.15) is 0 Å². The van der Waals surface area contributed by atoms with Crippen molar-refractivity contribution >= 4 is 0 Å². The summed E-state index contributed by atoms with van der Waals surface area (Å²) in [6.07, 6.45) is 4.79. The molecule has 0 bridgehead atoms.